The Morgan fingerprint density at radius 1 is 1.35 bits per heavy atom. The van der Waals surface area contributed by atoms with Gasteiger partial charge in [0, 0.05) is 0 Å². The highest BCUT2D eigenvalue weighted by Crippen LogP contribution is 2.17. The average Bonchev–Trinajstić information content (AvgIpc) is 2.34. The molecule has 0 heterocycles. The Hall–Kier alpha value is -1.47. The Balaban J connectivity index is 3.13. The molecule has 5 nitrogen and oxygen atoms in total. The Morgan fingerprint density at radius 2 is 1.95 bits per heavy atom. The third-order valence-corrected chi connectivity index (χ3v) is 4.43. The Kier molecular flexibility index (Phi) is 5.24. The zero-order valence-electron chi connectivity index (χ0n) is 11.8. The SMILES string of the molecule is COC(=O)C(NS(=O)(=O)c1ccc(F)cc1C)C(C)C. The number of halogens is 1. The molecule has 1 aromatic rings. The van der Waals surface area contributed by atoms with Crippen LogP contribution in [0.15, 0.2) is 23.1 Å². The molecule has 0 aliphatic rings. The number of hydrogen-bond donors (Lipinski definition) is 1. The number of hydrogen-bond acceptors (Lipinski definition) is 4. The van der Waals surface area contributed by atoms with Gasteiger partial charge in [0.05, 0.1) is 12.0 Å². The van der Waals surface area contributed by atoms with E-state index in [0.29, 0.717) is 0 Å². The van der Waals surface area contributed by atoms with Crippen molar-refractivity contribution in [3.63, 3.8) is 0 Å². The minimum Gasteiger partial charge on any atom is -0.468 e. The quantitative estimate of drug-likeness (QED) is 0.839. The summed E-state index contributed by atoms with van der Waals surface area (Å²) in [5.74, 6) is -1.46. The largest absolute Gasteiger partial charge is 0.468 e. The van der Waals surface area contributed by atoms with Crippen LogP contribution in [0.3, 0.4) is 0 Å². The number of benzene rings is 1. The van der Waals surface area contributed by atoms with Gasteiger partial charge < -0.3 is 4.74 Å². The maximum Gasteiger partial charge on any atom is 0.324 e. The molecule has 0 aliphatic carbocycles. The molecule has 0 aromatic heterocycles. The first-order valence-electron chi connectivity index (χ1n) is 6.05. The summed E-state index contributed by atoms with van der Waals surface area (Å²) in [6, 6.07) is 2.36. The second-order valence-corrected chi connectivity index (χ2v) is 6.46. The lowest BCUT2D eigenvalue weighted by atomic mass is 10.1. The molecule has 0 aliphatic heterocycles. The molecule has 1 N–H and O–H groups in total. The van der Waals surface area contributed by atoms with E-state index in [4.69, 9.17) is 0 Å². The highest BCUT2D eigenvalue weighted by Gasteiger charge is 2.29. The zero-order chi connectivity index (χ0) is 15.5. The van der Waals surface area contributed by atoms with Crippen LogP contribution >= 0.6 is 0 Å². The molecule has 0 saturated heterocycles. The number of nitrogens with one attached hydrogen (secondary N) is 1. The van der Waals surface area contributed by atoms with Crippen molar-refractivity contribution < 1.29 is 22.3 Å². The highest BCUT2D eigenvalue weighted by atomic mass is 32.2. The molecule has 20 heavy (non-hydrogen) atoms. The van der Waals surface area contributed by atoms with Gasteiger partial charge in [-0.2, -0.15) is 4.72 Å². The van der Waals surface area contributed by atoms with Crippen molar-refractivity contribution in [2.24, 2.45) is 5.92 Å². The number of carbonyl (C=O) groups excluding carboxylic acids is 1. The molecule has 1 unspecified atom stereocenters. The average molecular weight is 303 g/mol. The first-order chi connectivity index (χ1) is 9.19. The van der Waals surface area contributed by atoms with Crippen molar-refractivity contribution in [3.8, 4) is 0 Å². The van der Waals surface area contributed by atoms with E-state index < -0.39 is 27.9 Å². The first-order valence-corrected chi connectivity index (χ1v) is 7.53. The maximum atomic E-state index is 13.0. The van der Waals surface area contributed by atoms with Crippen molar-refractivity contribution in [2.75, 3.05) is 7.11 Å². The third kappa shape index (κ3) is 3.77. The fourth-order valence-corrected chi connectivity index (χ4v) is 3.29. The van der Waals surface area contributed by atoms with E-state index in [0.717, 1.165) is 12.1 Å². The summed E-state index contributed by atoms with van der Waals surface area (Å²) in [5.41, 5.74) is 0.268. The van der Waals surface area contributed by atoms with Crippen molar-refractivity contribution in [1.29, 1.82) is 0 Å². The van der Waals surface area contributed by atoms with Gasteiger partial charge in [0.2, 0.25) is 10.0 Å². The Morgan fingerprint density at radius 3 is 2.40 bits per heavy atom. The van der Waals surface area contributed by atoms with Gasteiger partial charge in [-0.05, 0) is 36.6 Å². The lowest BCUT2D eigenvalue weighted by molar-refractivity contribution is -0.143. The predicted molar refractivity (Wildman–Crippen MR) is 72.1 cm³/mol. The molecular formula is C13H18FNO4S. The van der Waals surface area contributed by atoms with Crippen molar-refractivity contribution in [2.45, 2.75) is 31.7 Å². The monoisotopic (exact) mass is 303 g/mol. The summed E-state index contributed by atoms with van der Waals surface area (Å²) in [4.78, 5) is 11.5. The number of methoxy groups -OCH3 is 1. The van der Waals surface area contributed by atoms with Gasteiger partial charge >= 0.3 is 5.97 Å². The fourth-order valence-electron chi connectivity index (χ4n) is 1.73. The summed E-state index contributed by atoms with van der Waals surface area (Å²) in [6.45, 7) is 4.88. The van der Waals surface area contributed by atoms with Gasteiger partial charge in [0.1, 0.15) is 11.9 Å². The molecule has 112 valence electrons. The molecule has 0 amide bonds. The number of rotatable bonds is 5. The number of aryl methyl sites for hydroxylation is 1. The van der Waals surface area contributed by atoms with Crippen molar-refractivity contribution in [1.82, 2.24) is 4.72 Å². The fraction of sp³-hybridized carbons (Fsp3) is 0.462. The van der Waals surface area contributed by atoms with Crippen molar-refractivity contribution >= 4 is 16.0 Å². The first kappa shape index (κ1) is 16.6. The van der Waals surface area contributed by atoms with Crippen LogP contribution in [0.4, 0.5) is 4.39 Å². The van der Waals surface area contributed by atoms with Crippen LogP contribution in [0.5, 0.6) is 0 Å². The minimum atomic E-state index is -3.92. The zero-order valence-corrected chi connectivity index (χ0v) is 12.6. The van der Waals surface area contributed by atoms with E-state index in [2.05, 4.69) is 9.46 Å². The number of carbonyl (C=O) groups is 1. The number of ether oxygens (including phenoxy) is 1. The Labute approximate surface area is 118 Å². The molecule has 1 aromatic carbocycles. The van der Waals surface area contributed by atoms with Crippen LogP contribution in [-0.4, -0.2) is 27.5 Å². The van der Waals surface area contributed by atoms with Gasteiger partial charge in [0.25, 0.3) is 0 Å². The van der Waals surface area contributed by atoms with Crippen LogP contribution < -0.4 is 4.72 Å². The smallest absolute Gasteiger partial charge is 0.324 e. The Bertz CT molecular complexity index is 598. The topological polar surface area (TPSA) is 72.5 Å². The second kappa shape index (κ2) is 6.32. The van der Waals surface area contributed by atoms with Gasteiger partial charge in [0.15, 0.2) is 0 Å². The molecule has 1 atom stereocenters. The molecule has 1 rings (SSSR count). The summed E-state index contributed by atoms with van der Waals surface area (Å²) >= 11 is 0. The minimum absolute atomic E-state index is 0.0616. The molecular weight excluding hydrogens is 285 g/mol. The van der Waals surface area contributed by atoms with Crippen LogP contribution in [0.2, 0.25) is 0 Å². The number of esters is 1. The van der Waals surface area contributed by atoms with Crippen molar-refractivity contribution in [3.05, 3.63) is 29.6 Å². The summed E-state index contributed by atoms with van der Waals surface area (Å²) in [7, 11) is -2.73. The second-order valence-electron chi connectivity index (χ2n) is 4.78. The molecule has 0 bridgehead atoms. The summed E-state index contributed by atoms with van der Waals surface area (Å²) < 4.78 is 44.4. The number of sulfonamides is 1. The third-order valence-electron chi connectivity index (χ3n) is 2.83. The standard InChI is InChI=1S/C13H18FNO4S/c1-8(2)12(13(16)19-4)15-20(17,18)11-6-5-10(14)7-9(11)3/h5-8,12,15H,1-4H3. The van der Waals surface area contributed by atoms with E-state index in [1.165, 1.54) is 20.1 Å². The van der Waals surface area contributed by atoms with E-state index in [9.17, 15) is 17.6 Å². The predicted octanol–water partition coefficient (Wildman–Crippen LogP) is 1.61. The van der Waals surface area contributed by atoms with Crippen LogP contribution in [0.25, 0.3) is 0 Å². The van der Waals surface area contributed by atoms with Gasteiger partial charge in [-0.3, -0.25) is 4.79 Å². The summed E-state index contributed by atoms with van der Waals surface area (Å²) in [5, 5.41) is 0. The molecule has 7 heteroatoms. The lowest BCUT2D eigenvalue weighted by Gasteiger charge is -2.20. The lowest BCUT2D eigenvalue weighted by Crippen LogP contribution is -2.45. The van der Waals surface area contributed by atoms with Crippen LogP contribution in [0, 0.1) is 18.7 Å². The molecule has 0 spiro atoms. The van der Waals surface area contributed by atoms with Crippen LogP contribution in [-0.2, 0) is 19.6 Å². The van der Waals surface area contributed by atoms with Crippen LogP contribution in [0.1, 0.15) is 19.4 Å². The van der Waals surface area contributed by atoms with Gasteiger partial charge in [-0.1, -0.05) is 13.8 Å². The molecule has 0 saturated carbocycles. The molecule has 0 radical (unpaired) electrons. The maximum absolute atomic E-state index is 13.0. The van der Waals surface area contributed by atoms with Gasteiger partial charge in [-0.15, -0.1) is 0 Å². The van der Waals surface area contributed by atoms with E-state index in [1.54, 1.807) is 13.8 Å². The van der Waals surface area contributed by atoms with Gasteiger partial charge in [-0.25, -0.2) is 12.8 Å². The summed E-state index contributed by atoms with van der Waals surface area (Å²) in [6.07, 6.45) is 0. The van der Waals surface area contributed by atoms with E-state index in [-0.39, 0.29) is 16.4 Å². The normalized spacial score (nSPS) is 13.3. The molecule has 0 fully saturated rings. The van der Waals surface area contributed by atoms with E-state index in [1.807, 2.05) is 0 Å². The highest BCUT2D eigenvalue weighted by molar-refractivity contribution is 7.89. The van der Waals surface area contributed by atoms with E-state index >= 15 is 0 Å².